The number of rotatable bonds is 7. The lowest BCUT2D eigenvalue weighted by Crippen LogP contribution is -2.23. The van der Waals surface area contributed by atoms with Crippen molar-refractivity contribution in [3.05, 3.63) is 70.8 Å². The molecule has 0 saturated heterocycles. The lowest BCUT2D eigenvalue weighted by atomic mass is 10.3. The van der Waals surface area contributed by atoms with Crippen LogP contribution >= 0.6 is 11.6 Å². The Kier molecular flexibility index (Phi) is 5.70. The number of pyridine rings is 1. The molecular weight excluding hydrogens is 358 g/mol. The molecule has 0 bridgehead atoms. The molecule has 0 saturated carbocycles. The van der Waals surface area contributed by atoms with Gasteiger partial charge >= 0.3 is 0 Å². The summed E-state index contributed by atoms with van der Waals surface area (Å²) in [5.41, 5.74) is 1.07. The van der Waals surface area contributed by atoms with E-state index in [9.17, 15) is 4.79 Å². The van der Waals surface area contributed by atoms with E-state index in [4.69, 9.17) is 25.6 Å². The van der Waals surface area contributed by atoms with Gasteiger partial charge in [0.05, 0.1) is 12.1 Å². The fraction of sp³-hybridized carbons (Fsp3) is 0.167. The van der Waals surface area contributed by atoms with Gasteiger partial charge in [0.25, 0.3) is 5.91 Å². The molecule has 0 radical (unpaired) electrons. The van der Waals surface area contributed by atoms with Gasteiger partial charge in [-0.3, -0.25) is 9.78 Å². The van der Waals surface area contributed by atoms with E-state index in [0.717, 1.165) is 5.56 Å². The maximum Gasteiger partial charge on any atom is 0.273 e. The Morgan fingerprint density at radius 3 is 2.92 bits per heavy atom. The number of halogens is 1. The van der Waals surface area contributed by atoms with Gasteiger partial charge in [0.15, 0.2) is 11.5 Å². The van der Waals surface area contributed by atoms with Gasteiger partial charge in [-0.25, -0.2) is 0 Å². The van der Waals surface area contributed by atoms with Crippen LogP contribution in [-0.4, -0.2) is 23.2 Å². The molecular formula is C18H16ClN3O4. The minimum Gasteiger partial charge on any atom is -0.497 e. The highest BCUT2D eigenvalue weighted by molar-refractivity contribution is 6.32. The van der Waals surface area contributed by atoms with E-state index in [1.54, 1.807) is 43.8 Å². The number of nitrogens with zero attached hydrogens (tertiary/aromatic N) is 2. The quantitative estimate of drug-likeness (QED) is 0.684. The van der Waals surface area contributed by atoms with Crippen LogP contribution in [0.5, 0.6) is 11.5 Å². The predicted octanol–water partition coefficient (Wildman–Crippen LogP) is 3.24. The van der Waals surface area contributed by atoms with Crippen LogP contribution in [-0.2, 0) is 13.2 Å². The second-order valence-electron chi connectivity index (χ2n) is 5.31. The number of amides is 1. The molecule has 3 rings (SSSR count). The van der Waals surface area contributed by atoms with Crippen molar-refractivity contribution >= 4 is 17.5 Å². The van der Waals surface area contributed by atoms with Crippen molar-refractivity contribution in [2.24, 2.45) is 0 Å². The Morgan fingerprint density at radius 1 is 1.31 bits per heavy atom. The molecule has 0 unspecified atom stereocenters. The van der Waals surface area contributed by atoms with Crippen LogP contribution in [0.15, 0.2) is 53.3 Å². The molecule has 0 fully saturated rings. The van der Waals surface area contributed by atoms with Gasteiger partial charge in [-0.2, -0.15) is 0 Å². The van der Waals surface area contributed by atoms with Crippen molar-refractivity contribution in [1.82, 2.24) is 15.5 Å². The summed E-state index contributed by atoms with van der Waals surface area (Å²) in [7, 11) is 1.56. The van der Waals surface area contributed by atoms with Crippen molar-refractivity contribution in [3.8, 4) is 11.5 Å². The zero-order chi connectivity index (χ0) is 18.4. The van der Waals surface area contributed by atoms with E-state index in [1.807, 2.05) is 6.07 Å². The number of hydrogen-bond acceptors (Lipinski definition) is 6. The van der Waals surface area contributed by atoms with Crippen molar-refractivity contribution in [2.45, 2.75) is 13.2 Å². The van der Waals surface area contributed by atoms with Crippen molar-refractivity contribution in [2.75, 3.05) is 7.11 Å². The van der Waals surface area contributed by atoms with Crippen molar-refractivity contribution in [3.63, 3.8) is 0 Å². The highest BCUT2D eigenvalue weighted by atomic mass is 35.5. The van der Waals surface area contributed by atoms with Gasteiger partial charge < -0.3 is 19.3 Å². The molecule has 0 aliphatic rings. The minimum absolute atomic E-state index is 0.0922. The minimum atomic E-state index is -0.341. The van der Waals surface area contributed by atoms with Gasteiger partial charge in [-0.05, 0) is 23.8 Å². The largest absolute Gasteiger partial charge is 0.497 e. The Bertz CT molecular complexity index is 883. The van der Waals surface area contributed by atoms with Crippen LogP contribution < -0.4 is 14.8 Å². The lowest BCUT2D eigenvalue weighted by Gasteiger charge is -2.07. The lowest BCUT2D eigenvalue weighted by molar-refractivity contribution is 0.0941. The average Bonchev–Trinajstić information content (AvgIpc) is 3.15. The molecule has 0 aliphatic heterocycles. The Balaban J connectivity index is 1.55. The van der Waals surface area contributed by atoms with Gasteiger partial charge in [0.2, 0.25) is 0 Å². The summed E-state index contributed by atoms with van der Waals surface area (Å²) in [6, 6.07) is 10.3. The zero-order valence-corrected chi connectivity index (χ0v) is 14.7. The molecule has 1 amide bonds. The molecule has 134 valence electrons. The number of methoxy groups -OCH3 is 1. The summed E-state index contributed by atoms with van der Waals surface area (Å²) in [6.07, 6.45) is 3.35. The number of hydrogen-bond donors (Lipinski definition) is 1. The van der Waals surface area contributed by atoms with Gasteiger partial charge in [0, 0.05) is 31.1 Å². The fourth-order valence-corrected chi connectivity index (χ4v) is 2.36. The summed E-state index contributed by atoms with van der Waals surface area (Å²) in [4.78, 5) is 16.1. The van der Waals surface area contributed by atoms with E-state index in [-0.39, 0.29) is 18.2 Å². The van der Waals surface area contributed by atoms with Crippen LogP contribution in [0, 0.1) is 0 Å². The van der Waals surface area contributed by atoms with Gasteiger partial charge in [-0.1, -0.05) is 22.8 Å². The number of carbonyl (C=O) groups excluding carboxylic acids is 1. The summed E-state index contributed by atoms with van der Waals surface area (Å²) < 4.78 is 15.8. The molecule has 0 atom stereocenters. The van der Waals surface area contributed by atoms with Crippen LogP contribution in [0.2, 0.25) is 5.02 Å². The van der Waals surface area contributed by atoms with E-state index in [1.165, 1.54) is 6.07 Å². The smallest absolute Gasteiger partial charge is 0.273 e. The molecule has 2 heterocycles. The van der Waals surface area contributed by atoms with Crippen LogP contribution in [0.1, 0.15) is 21.8 Å². The fourth-order valence-electron chi connectivity index (χ4n) is 2.14. The van der Waals surface area contributed by atoms with Crippen LogP contribution in [0.4, 0.5) is 0 Å². The number of aromatic nitrogens is 2. The maximum atomic E-state index is 12.1. The molecule has 0 spiro atoms. The van der Waals surface area contributed by atoms with E-state index in [0.29, 0.717) is 28.8 Å². The molecule has 1 aromatic carbocycles. The second-order valence-corrected chi connectivity index (χ2v) is 5.71. The number of carbonyl (C=O) groups is 1. The van der Waals surface area contributed by atoms with Crippen molar-refractivity contribution < 1.29 is 18.8 Å². The average molecular weight is 374 g/mol. The molecule has 8 heteroatoms. The highest BCUT2D eigenvalue weighted by Crippen LogP contribution is 2.29. The van der Waals surface area contributed by atoms with Crippen molar-refractivity contribution in [1.29, 1.82) is 0 Å². The Hall–Kier alpha value is -3.06. The number of benzene rings is 1. The number of ether oxygens (including phenoxy) is 2. The highest BCUT2D eigenvalue weighted by Gasteiger charge is 2.13. The first-order valence-corrected chi connectivity index (χ1v) is 8.12. The molecule has 1 N–H and O–H groups in total. The first-order chi connectivity index (χ1) is 12.7. The molecule has 3 aromatic rings. The molecule has 0 aliphatic carbocycles. The normalized spacial score (nSPS) is 10.4. The topological polar surface area (TPSA) is 86.5 Å². The zero-order valence-electron chi connectivity index (χ0n) is 13.9. The third kappa shape index (κ3) is 4.52. The van der Waals surface area contributed by atoms with E-state index < -0.39 is 0 Å². The maximum absolute atomic E-state index is 12.1. The first kappa shape index (κ1) is 17.8. The summed E-state index contributed by atoms with van der Waals surface area (Å²) in [5, 5.41) is 6.92. The van der Waals surface area contributed by atoms with Gasteiger partial charge in [-0.15, -0.1) is 0 Å². The van der Waals surface area contributed by atoms with Crippen LogP contribution in [0.25, 0.3) is 0 Å². The summed E-state index contributed by atoms with van der Waals surface area (Å²) in [6.45, 7) is 0.446. The Morgan fingerprint density at radius 2 is 2.19 bits per heavy atom. The third-order valence-corrected chi connectivity index (χ3v) is 3.77. The van der Waals surface area contributed by atoms with Crippen LogP contribution in [0.3, 0.4) is 0 Å². The predicted molar refractivity (Wildman–Crippen MR) is 94.2 cm³/mol. The monoisotopic (exact) mass is 373 g/mol. The second kappa shape index (κ2) is 8.35. The molecule has 26 heavy (non-hydrogen) atoms. The van der Waals surface area contributed by atoms with E-state index >= 15 is 0 Å². The first-order valence-electron chi connectivity index (χ1n) is 7.75. The number of nitrogens with one attached hydrogen (secondary N) is 1. The summed E-state index contributed by atoms with van der Waals surface area (Å²) >= 11 is 6.11. The molecule has 2 aromatic heterocycles. The standard InChI is InChI=1S/C18H16ClN3O4/c1-24-13-4-5-17(15(19)7-13)25-11-14-8-16(22-26-14)18(23)21-10-12-3-2-6-20-9-12/h2-9H,10-11H2,1H3,(H,21,23). The van der Waals surface area contributed by atoms with E-state index in [2.05, 4.69) is 15.5 Å². The Labute approximate surface area is 154 Å². The third-order valence-electron chi connectivity index (χ3n) is 3.48. The van der Waals surface area contributed by atoms with Gasteiger partial charge in [0.1, 0.15) is 18.1 Å². The SMILES string of the molecule is COc1ccc(OCc2cc(C(=O)NCc3cccnc3)no2)c(Cl)c1. The summed E-state index contributed by atoms with van der Waals surface area (Å²) in [5.74, 6) is 1.18. The molecule has 7 nitrogen and oxygen atoms in total.